The van der Waals surface area contributed by atoms with Crippen molar-refractivity contribution in [1.82, 2.24) is 5.32 Å². The SMILES string of the molecule is CC1(Cc2c(F)cccc2Cl)CCCCCN1. The number of benzene rings is 1. The number of nitrogens with one attached hydrogen (secondary N) is 1. The normalized spacial score (nSPS) is 25.6. The molecule has 1 heterocycles. The van der Waals surface area contributed by atoms with E-state index in [2.05, 4.69) is 12.2 Å². The molecule has 17 heavy (non-hydrogen) atoms. The van der Waals surface area contributed by atoms with Gasteiger partial charge in [-0.1, -0.05) is 30.5 Å². The van der Waals surface area contributed by atoms with Gasteiger partial charge in [0.05, 0.1) is 0 Å². The van der Waals surface area contributed by atoms with Gasteiger partial charge in [-0.05, 0) is 44.9 Å². The van der Waals surface area contributed by atoms with Crippen LogP contribution in [0.5, 0.6) is 0 Å². The lowest BCUT2D eigenvalue weighted by atomic mass is 9.88. The van der Waals surface area contributed by atoms with Gasteiger partial charge in [0.15, 0.2) is 0 Å². The minimum absolute atomic E-state index is 0.0255. The van der Waals surface area contributed by atoms with E-state index in [0.29, 0.717) is 17.0 Å². The topological polar surface area (TPSA) is 12.0 Å². The lowest BCUT2D eigenvalue weighted by molar-refractivity contribution is 0.341. The van der Waals surface area contributed by atoms with E-state index in [1.54, 1.807) is 12.1 Å². The van der Waals surface area contributed by atoms with Crippen LogP contribution in [0.25, 0.3) is 0 Å². The van der Waals surface area contributed by atoms with Crippen LogP contribution in [-0.4, -0.2) is 12.1 Å². The van der Waals surface area contributed by atoms with Gasteiger partial charge in [0.2, 0.25) is 0 Å². The van der Waals surface area contributed by atoms with Crippen molar-refractivity contribution in [2.75, 3.05) is 6.54 Å². The Bertz CT molecular complexity index is 364. The number of hydrogen-bond donors (Lipinski definition) is 1. The molecule has 3 heteroatoms. The van der Waals surface area contributed by atoms with Crippen molar-refractivity contribution in [3.63, 3.8) is 0 Å². The van der Waals surface area contributed by atoms with E-state index in [-0.39, 0.29) is 11.4 Å². The second kappa shape index (κ2) is 5.36. The van der Waals surface area contributed by atoms with Crippen molar-refractivity contribution in [2.45, 2.75) is 44.6 Å². The number of hydrogen-bond acceptors (Lipinski definition) is 1. The van der Waals surface area contributed by atoms with Gasteiger partial charge in [-0.25, -0.2) is 4.39 Å². The minimum Gasteiger partial charge on any atom is -0.311 e. The molecule has 2 rings (SSSR count). The molecule has 94 valence electrons. The zero-order chi connectivity index (χ0) is 12.3. The third-order valence-electron chi connectivity index (χ3n) is 3.59. The molecular formula is C14H19ClFN. The first-order valence-electron chi connectivity index (χ1n) is 6.29. The molecule has 1 aliphatic rings. The second-order valence-corrected chi connectivity index (χ2v) is 5.58. The largest absolute Gasteiger partial charge is 0.311 e. The molecule has 0 aliphatic carbocycles. The predicted octanol–water partition coefficient (Wildman–Crippen LogP) is 3.94. The number of rotatable bonds is 2. The summed E-state index contributed by atoms with van der Waals surface area (Å²) in [6.45, 7) is 3.18. The molecule has 1 saturated heterocycles. The second-order valence-electron chi connectivity index (χ2n) is 5.18. The van der Waals surface area contributed by atoms with E-state index in [4.69, 9.17) is 11.6 Å². The summed E-state index contributed by atoms with van der Waals surface area (Å²) >= 11 is 6.08. The minimum atomic E-state index is -0.190. The summed E-state index contributed by atoms with van der Waals surface area (Å²) in [4.78, 5) is 0. The molecule has 0 amide bonds. The molecule has 1 fully saturated rings. The fourth-order valence-corrected chi connectivity index (χ4v) is 2.77. The highest BCUT2D eigenvalue weighted by atomic mass is 35.5. The van der Waals surface area contributed by atoms with Crippen molar-refractivity contribution in [1.29, 1.82) is 0 Å². The van der Waals surface area contributed by atoms with E-state index in [9.17, 15) is 4.39 Å². The summed E-state index contributed by atoms with van der Waals surface area (Å²) in [5.41, 5.74) is 0.619. The highest BCUT2D eigenvalue weighted by Crippen LogP contribution is 2.28. The molecule has 1 aromatic carbocycles. The van der Waals surface area contributed by atoms with Crippen molar-refractivity contribution >= 4 is 11.6 Å². The van der Waals surface area contributed by atoms with Crippen molar-refractivity contribution < 1.29 is 4.39 Å². The average molecular weight is 256 g/mol. The fourth-order valence-electron chi connectivity index (χ4n) is 2.54. The van der Waals surface area contributed by atoms with Crippen molar-refractivity contribution in [3.8, 4) is 0 Å². The van der Waals surface area contributed by atoms with E-state index in [0.717, 1.165) is 13.0 Å². The quantitative estimate of drug-likeness (QED) is 0.844. The van der Waals surface area contributed by atoms with Crippen LogP contribution in [0.3, 0.4) is 0 Å². The van der Waals surface area contributed by atoms with Crippen LogP contribution < -0.4 is 5.32 Å². The van der Waals surface area contributed by atoms with Gasteiger partial charge >= 0.3 is 0 Å². The number of halogens is 2. The van der Waals surface area contributed by atoms with Crippen LogP contribution in [0.1, 0.15) is 38.2 Å². The van der Waals surface area contributed by atoms with E-state index < -0.39 is 0 Å². The summed E-state index contributed by atoms with van der Waals surface area (Å²) in [6.07, 6.45) is 5.42. The third kappa shape index (κ3) is 3.20. The van der Waals surface area contributed by atoms with E-state index in [1.807, 2.05) is 0 Å². The van der Waals surface area contributed by atoms with Crippen LogP contribution in [0.2, 0.25) is 5.02 Å². The molecule has 0 radical (unpaired) electrons. The molecule has 0 bridgehead atoms. The zero-order valence-corrected chi connectivity index (χ0v) is 11.0. The summed E-state index contributed by atoms with van der Waals surface area (Å²) in [6, 6.07) is 4.91. The summed E-state index contributed by atoms with van der Waals surface area (Å²) in [5.74, 6) is -0.190. The molecule has 1 nitrogen and oxygen atoms in total. The van der Waals surface area contributed by atoms with Crippen LogP contribution in [0.4, 0.5) is 4.39 Å². The predicted molar refractivity (Wildman–Crippen MR) is 70.0 cm³/mol. The van der Waals surface area contributed by atoms with Crippen LogP contribution in [0.15, 0.2) is 18.2 Å². The Hall–Kier alpha value is -0.600. The van der Waals surface area contributed by atoms with Gasteiger partial charge in [-0.2, -0.15) is 0 Å². The molecule has 0 spiro atoms. The molecule has 0 aromatic heterocycles. The molecule has 1 atom stereocenters. The first-order valence-corrected chi connectivity index (χ1v) is 6.66. The molecule has 1 N–H and O–H groups in total. The standard InChI is InChI=1S/C14H19ClFN/c1-14(8-3-2-4-9-17-14)10-11-12(15)6-5-7-13(11)16/h5-7,17H,2-4,8-10H2,1H3. The van der Waals surface area contributed by atoms with Gasteiger partial charge in [-0.15, -0.1) is 0 Å². The van der Waals surface area contributed by atoms with Gasteiger partial charge in [0.1, 0.15) is 5.82 Å². The molecule has 1 unspecified atom stereocenters. The van der Waals surface area contributed by atoms with E-state index in [1.165, 1.54) is 25.3 Å². The molecular weight excluding hydrogens is 237 g/mol. The lowest BCUT2D eigenvalue weighted by Crippen LogP contribution is -2.43. The Morgan fingerprint density at radius 3 is 2.94 bits per heavy atom. The van der Waals surface area contributed by atoms with Gasteiger partial charge in [0.25, 0.3) is 0 Å². The first kappa shape index (κ1) is 12.8. The van der Waals surface area contributed by atoms with Crippen LogP contribution in [-0.2, 0) is 6.42 Å². The fraction of sp³-hybridized carbons (Fsp3) is 0.571. The van der Waals surface area contributed by atoms with E-state index >= 15 is 0 Å². The summed E-state index contributed by atoms with van der Waals surface area (Å²) < 4.78 is 13.8. The van der Waals surface area contributed by atoms with Crippen LogP contribution in [0, 0.1) is 5.82 Å². The highest BCUT2D eigenvalue weighted by molar-refractivity contribution is 6.31. The molecule has 0 saturated carbocycles. The molecule has 1 aromatic rings. The van der Waals surface area contributed by atoms with Gasteiger partial charge < -0.3 is 5.32 Å². The monoisotopic (exact) mass is 255 g/mol. The Balaban J connectivity index is 2.18. The summed E-state index contributed by atoms with van der Waals surface area (Å²) in [5, 5.41) is 4.07. The Morgan fingerprint density at radius 1 is 1.35 bits per heavy atom. The maximum atomic E-state index is 13.8. The Labute approximate surface area is 107 Å². The third-order valence-corrected chi connectivity index (χ3v) is 3.94. The smallest absolute Gasteiger partial charge is 0.127 e. The Kier molecular flexibility index (Phi) is 4.05. The Morgan fingerprint density at radius 2 is 2.18 bits per heavy atom. The maximum absolute atomic E-state index is 13.8. The first-order chi connectivity index (χ1) is 8.11. The maximum Gasteiger partial charge on any atom is 0.127 e. The zero-order valence-electron chi connectivity index (χ0n) is 10.2. The lowest BCUT2D eigenvalue weighted by Gasteiger charge is -2.30. The summed E-state index contributed by atoms with van der Waals surface area (Å²) in [7, 11) is 0. The average Bonchev–Trinajstić information content (AvgIpc) is 2.49. The van der Waals surface area contributed by atoms with Crippen molar-refractivity contribution in [3.05, 3.63) is 34.6 Å². The highest BCUT2D eigenvalue weighted by Gasteiger charge is 2.27. The molecule has 1 aliphatic heterocycles. The van der Waals surface area contributed by atoms with Crippen LogP contribution >= 0.6 is 11.6 Å². The van der Waals surface area contributed by atoms with Gasteiger partial charge in [0, 0.05) is 16.1 Å². The van der Waals surface area contributed by atoms with Crippen molar-refractivity contribution in [2.24, 2.45) is 0 Å². The van der Waals surface area contributed by atoms with Gasteiger partial charge in [-0.3, -0.25) is 0 Å².